The summed E-state index contributed by atoms with van der Waals surface area (Å²) in [6, 6.07) is 3.31. The van der Waals surface area contributed by atoms with Gasteiger partial charge in [-0.25, -0.2) is 0 Å². The molecule has 0 bridgehead atoms. The van der Waals surface area contributed by atoms with Gasteiger partial charge in [0.05, 0.1) is 5.56 Å². The van der Waals surface area contributed by atoms with Crippen molar-refractivity contribution in [3.05, 3.63) is 35.3 Å². The van der Waals surface area contributed by atoms with E-state index in [0.29, 0.717) is 16.8 Å². The van der Waals surface area contributed by atoms with Gasteiger partial charge in [0.1, 0.15) is 18.9 Å². The van der Waals surface area contributed by atoms with E-state index in [0.717, 1.165) is 13.1 Å². The molecule has 1 fully saturated rings. The summed E-state index contributed by atoms with van der Waals surface area (Å²) in [6.45, 7) is 2.83. The van der Waals surface area contributed by atoms with Crippen LogP contribution in [0.4, 0.5) is 0 Å². The van der Waals surface area contributed by atoms with E-state index < -0.39 is 6.10 Å². The number of pyridine rings is 1. The fourth-order valence-electron chi connectivity index (χ4n) is 2.22. The Morgan fingerprint density at radius 2 is 2.25 bits per heavy atom. The van der Waals surface area contributed by atoms with Crippen LogP contribution in [0, 0.1) is 5.21 Å². The van der Waals surface area contributed by atoms with Gasteiger partial charge >= 0.3 is 0 Å². The molecule has 1 aromatic heterocycles. The van der Waals surface area contributed by atoms with Crippen molar-refractivity contribution in [2.45, 2.75) is 25.4 Å². The van der Waals surface area contributed by atoms with Gasteiger partial charge in [-0.15, -0.1) is 0 Å². The SMILES string of the molecule is [O-][n+]1cccc([C]=NOC[C@H](O)CN2CCCCC2)c1. The van der Waals surface area contributed by atoms with Crippen molar-refractivity contribution < 1.29 is 14.7 Å². The van der Waals surface area contributed by atoms with Gasteiger partial charge < -0.3 is 20.1 Å². The summed E-state index contributed by atoms with van der Waals surface area (Å²) in [6.07, 6.45) is 8.44. The Kier molecular flexibility index (Phi) is 5.76. The molecule has 0 unspecified atom stereocenters. The first-order valence-corrected chi connectivity index (χ1v) is 6.91. The van der Waals surface area contributed by atoms with Crippen LogP contribution in [0.15, 0.2) is 29.7 Å². The average Bonchev–Trinajstić information content (AvgIpc) is 2.45. The molecule has 0 spiro atoms. The van der Waals surface area contributed by atoms with E-state index in [1.807, 2.05) is 0 Å². The van der Waals surface area contributed by atoms with Gasteiger partial charge in [0.25, 0.3) is 0 Å². The number of likely N-dealkylation sites (tertiary alicyclic amines) is 1. The molecule has 1 aliphatic rings. The summed E-state index contributed by atoms with van der Waals surface area (Å²) in [5.74, 6) is 0. The van der Waals surface area contributed by atoms with Crippen molar-refractivity contribution in [1.29, 1.82) is 0 Å². The third-order valence-corrected chi connectivity index (χ3v) is 3.20. The highest BCUT2D eigenvalue weighted by Crippen LogP contribution is 2.08. The largest absolute Gasteiger partial charge is 0.619 e. The van der Waals surface area contributed by atoms with Crippen molar-refractivity contribution >= 4 is 6.21 Å². The van der Waals surface area contributed by atoms with Crippen LogP contribution in [0.1, 0.15) is 24.8 Å². The maximum absolute atomic E-state index is 11.0. The molecule has 1 atom stereocenters. The summed E-state index contributed by atoms with van der Waals surface area (Å²) in [5, 5.41) is 24.5. The molecule has 109 valence electrons. The molecule has 0 aromatic carbocycles. The van der Waals surface area contributed by atoms with Gasteiger partial charge in [0, 0.05) is 12.6 Å². The maximum atomic E-state index is 11.0. The van der Waals surface area contributed by atoms with E-state index in [1.54, 1.807) is 12.1 Å². The van der Waals surface area contributed by atoms with Crippen LogP contribution in [-0.2, 0) is 4.84 Å². The number of nitrogens with zero attached hydrogens (tertiary/aromatic N) is 3. The zero-order chi connectivity index (χ0) is 14.2. The summed E-state index contributed by atoms with van der Waals surface area (Å²) in [4.78, 5) is 7.25. The van der Waals surface area contributed by atoms with Crippen LogP contribution >= 0.6 is 0 Å². The second-order valence-corrected chi connectivity index (χ2v) is 4.97. The number of aliphatic hydroxyl groups is 1. The molecule has 0 saturated carbocycles. The lowest BCUT2D eigenvalue weighted by Crippen LogP contribution is -2.37. The fourth-order valence-corrected chi connectivity index (χ4v) is 2.22. The number of hydrogen-bond donors (Lipinski definition) is 1. The van der Waals surface area contributed by atoms with Crippen LogP contribution in [0.25, 0.3) is 0 Å². The normalized spacial score (nSPS) is 18.2. The zero-order valence-electron chi connectivity index (χ0n) is 11.4. The first-order valence-electron chi connectivity index (χ1n) is 6.91. The molecule has 6 heteroatoms. The smallest absolute Gasteiger partial charge is 0.189 e. The molecule has 0 aliphatic carbocycles. The van der Waals surface area contributed by atoms with Gasteiger partial charge in [0.2, 0.25) is 0 Å². The molecule has 6 nitrogen and oxygen atoms in total. The van der Waals surface area contributed by atoms with Crippen molar-refractivity contribution in [2.24, 2.45) is 5.16 Å². The Labute approximate surface area is 118 Å². The Morgan fingerprint density at radius 3 is 3.00 bits per heavy atom. The van der Waals surface area contributed by atoms with E-state index in [4.69, 9.17) is 4.84 Å². The molecule has 1 saturated heterocycles. The zero-order valence-corrected chi connectivity index (χ0v) is 11.4. The molecule has 1 N–H and O–H groups in total. The molecule has 2 heterocycles. The van der Waals surface area contributed by atoms with Gasteiger partial charge in [-0.2, -0.15) is 4.73 Å². The van der Waals surface area contributed by atoms with Crippen molar-refractivity contribution in [3.63, 3.8) is 0 Å². The lowest BCUT2D eigenvalue weighted by molar-refractivity contribution is -0.605. The van der Waals surface area contributed by atoms with Crippen LogP contribution in [0.3, 0.4) is 0 Å². The summed E-state index contributed by atoms with van der Waals surface area (Å²) < 4.78 is 0.670. The van der Waals surface area contributed by atoms with E-state index in [2.05, 4.69) is 16.3 Å². The Bertz CT molecular complexity index is 433. The molecule has 2 rings (SSSR count). The highest BCUT2D eigenvalue weighted by Gasteiger charge is 2.14. The number of β-amino-alcohol motifs (C(OH)–C–C–N with tert-alkyl or cyclic N) is 1. The van der Waals surface area contributed by atoms with Gasteiger partial charge in [-0.1, -0.05) is 11.6 Å². The minimum Gasteiger partial charge on any atom is -0.619 e. The van der Waals surface area contributed by atoms with E-state index in [1.165, 1.54) is 31.7 Å². The topological polar surface area (TPSA) is 72.0 Å². The maximum Gasteiger partial charge on any atom is 0.189 e. The lowest BCUT2D eigenvalue weighted by atomic mass is 10.1. The number of hydrogen-bond acceptors (Lipinski definition) is 5. The van der Waals surface area contributed by atoms with Crippen molar-refractivity contribution in [1.82, 2.24) is 4.90 Å². The lowest BCUT2D eigenvalue weighted by Gasteiger charge is -2.27. The third-order valence-electron chi connectivity index (χ3n) is 3.20. The Hall–Kier alpha value is -1.66. The highest BCUT2D eigenvalue weighted by molar-refractivity contribution is 5.77. The quantitative estimate of drug-likeness (QED) is 0.354. The minimum atomic E-state index is -0.557. The molecule has 1 radical (unpaired) electrons. The molecular formula is C14H20N3O3. The van der Waals surface area contributed by atoms with E-state index in [9.17, 15) is 10.3 Å². The molecular weight excluding hydrogens is 258 g/mol. The van der Waals surface area contributed by atoms with Crippen LogP contribution in [0.5, 0.6) is 0 Å². The predicted molar refractivity (Wildman–Crippen MR) is 74.2 cm³/mol. The molecule has 0 amide bonds. The second-order valence-electron chi connectivity index (χ2n) is 4.97. The molecule has 20 heavy (non-hydrogen) atoms. The summed E-state index contributed by atoms with van der Waals surface area (Å²) in [5.41, 5.74) is 0.535. The standard InChI is InChI=1S/C14H20N3O3/c18-14(11-16-6-2-1-3-7-16)12-20-15-9-13-5-4-8-17(19)10-13/h4-5,8,10,14,18H,1-3,6-7,11-12H2/t14-/m1/s1. The van der Waals surface area contributed by atoms with Crippen LogP contribution < -0.4 is 4.73 Å². The third kappa shape index (κ3) is 5.14. The van der Waals surface area contributed by atoms with Gasteiger partial charge in [0.15, 0.2) is 12.4 Å². The second kappa shape index (κ2) is 7.81. The fraction of sp³-hybridized carbons (Fsp3) is 0.571. The average molecular weight is 278 g/mol. The minimum absolute atomic E-state index is 0.133. The Balaban J connectivity index is 1.66. The highest BCUT2D eigenvalue weighted by atomic mass is 16.6. The van der Waals surface area contributed by atoms with E-state index >= 15 is 0 Å². The van der Waals surface area contributed by atoms with Crippen molar-refractivity contribution in [2.75, 3.05) is 26.2 Å². The number of aliphatic hydroxyl groups excluding tert-OH is 1. The predicted octanol–water partition coefficient (Wildman–Crippen LogP) is 0.394. The first-order chi connectivity index (χ1) is 9.74. The van der Waals surface area contributed by atoms with Gasteiger partial charge in [-0.05, 0) is 32.0 Å². The number of aromatic nitrogens is 1. The summed E-state index contributed by atoms with van der Waals surface area (Å²) in [7, 11) is 0. The summed E-state index contributed by atoms with van der Waals surface area (Å²) >= 11 is 0. The Morgan fingerprint density at radius 1 is 1.45 bits per heavy atom. The monoisotopic (exact) mass is 278 g/mol. The molecule has 1 aromatic rings. The van der Waals surface area contributed by atoms with E-state index in [-0.39, 0.29) is 6.61 Å². The first kappa shape index (κ1) is 14.7. The van der Waals surface area contributed by atoms with Crippen LogP contribution in [-0.4, -0.2) is 48.6 Å². The number of rotatable bonds is 6. The number of piperidine rings is 1. The van der Waals surface area contributed by atoms with Crippen LogP contribution in [0.2, 0.25) is 0 Å². The van der Waals surface area contributed by atoms with Gasteiger partial charge in [-0.3, -0.25) is 0 Å². The molecule has 1 aliphatic heterocycles. The van der Waals surface area contributed by atoms with Crippen molar-refractivity contribution in [3.8, 4) is 0 Å².